The number of benzene rings is 1. The molecule has 2 heterocycles. The molecular weight excluding hydrogens is 470 g/mol. The molecule has 8 nitrogen and oxygen atoms in total. The van der Waals surface area contributed by atoms with Crippen molar-refractivity contribution in [3.63, 3.8) is 0 Å². The van der Waals surface area contributed by atoms with Crippen LogP contribution in [0, 0.1) is 17.3 Å². The summed E-state index contributed by atoms with van der Waals surface area (Å²) < 4.78 is 13.3. The summed E-state index contributed by atoms with van der Waals surface area (Å²) in [6, 6.07) is 3.78. The number of nitrogens with zero attached hydrogens (tertiary/aromatic N) is 1. The number of likely N-dealkylation sites (tertiary alicyclic amines) is 1. The Bertz CT molecular complexity index is 1170. The number of amides is 2. The molecule has 8 rings (SSSR count). The number of methoxy groups -OCH3 is 1. The topological polar surface area (TPSA) is 100 Å². The second-order valence-corrected chi connectivity index (χ2v) is 12.7. The lowest BCUT2D eigenvalue weighted by atomic mass is 9.35. The molecule has 7 atom stereocenters. The molecule has 1 unspecified atom stereocenters. The van der Waals surface area contributed by atoms with Gasteiger partial charge in [-0.2, -0.15) is 0 Å². The Balaban J connectivity index is 1.29. The van der Waals surface area contributed by atoms with E-state index in [9.17, 15) is 14.7 Å². The highest BCUT2D eigenvalue weighted by Gasteiger charge is 2.80. The summed E-state index contributed by atoms with van der Waals surface area (Å²) in [5, 5.41) is 16.8. The third kappa shape index (κ3) is 2.97. The first-order chi connectivity index (χ1) is 17.8. The Morgan fingerprint density at radius 3 is 2.81 bits per heavy atom. The molecule has 1 aromatic carbocycles. The van der Waals surface area contributed by atoms with Gasteiger partial charge in [-0.05, 0) is 76.0 Å². The van der Waals surface area contributed by atoms with Crippen LogP contribution in [0.1, 0.15) is 63.5 Å². The molecule has 37 heavy (non-hydrogen) atoms. The van der Waals surface area contributed by atoms with Gasteiger partial charge in [0.2, 0.25) is 11.8 Å². The fourth-order valence-corrected chi connectivity index (χ4v) is 9.54. The number of nitrogens with one attached hydrogen (secondary N) is 2. The Morgan fingerprint density at radius 2 is 2.08 bits per heavy atom. The number of ether oxygens (including phenoxy) is 2. The second kappa shape index (κ2) is 7.85. The van der Waals surface area contributed by atoms with E-state index in [0.29, 0.717) is 18.3 Å². The molecule has 3 N–H and O–H groups in total. The lowest BCUT2D eigenvalue weighted by Gasteiger charge is -2.74. The number of hydrogen-bond donors (Lipinski definition) is 3. The first kappa shape index (κ1) is 23.8. The van der Waals surface area contributed by atoms with E-state index in [0.717, 1.165) is 44.6 Å². The number of carbonyl (C=O) groups excluding carboxylic acids is 2. The van der Waals surface area contributed by atoms with Crippen molar-refractivity contribution in [3.05, 3.63) is 23.3 Å². The van der Waals surface area contributed by atoms with Crippen LogP contribution < -0.4 is 15.4 Å². The standard InChI is InChI=1S/C29H39N3O5/c1-16(31-17(2)33)25(35)30-14-20-13-27-8-9-29(20,36-3)26-28(27)10-11-32(15-18-4-5-18)22(27)12-19-6-7-21(34)24(37-26)23(19)28/h6-7,16,18,20,22,26,34H,4-5,8-15H2,1-3H3,(H,30,35)(H,31,33)/t16?,20-,22-,26-,27-,28+,29-/m1/s1. The minimum Gasteiger partial charge on any atom is -0.504 e. The Morgan fingerprint density at radius 1 is 1.27 bits per heavy atom. The van der Waals surface area contributed by atoms with E-state index in [-0.39, 0.29) is 40.4 Å². The van der Waals surface area contributed by atoms with Crippen molar-refractivity contribution in [2.45, 2.75) is 88.0 Å². The van der Waals surface area contributed by atoms with Crippen LogP contribution in [0.4, 0.5) is 0 Å². The molecule has 2 spiro atoms. The smallest absolute Gasteiger partial charge is 0.242 e. The molecule has 5 aliphatic carbocycles. The van der Waals surface area contributed by atoms with Gasteiger partial charge in [0.1, 0.15) is 17.7 Å². The quantitative estimate of drug-likeness (QED) is 0.522. The number of piperidine rings is 1. The number of phenols is 1. The maximum atomic E-state index is 12.9. The van der Waals surface area contributed by atoms with Crippen LogP contribution in [-0.4, -0.2) is 72.4 Å². The summed E-state index contributed by atoms with van der Waals surface area (Å²) in [6.45, 7) is 5.87. The maximum Gasteiger partial charge on any atom is 0.242 e. The van der Waals surface area contributed by atoms with Gasteiger partial charge in [-0.3, -0.25) is 14.5 Å². The Labute approximate surface area is 218 Å². The third-order valence-corrected chi connectivity index (χ3v) is 11.1. The van der Waals surface area contributed by atoms with E-state index in [1.54, 1.807) is 14.0 Å². The van der Waals surface area contributed by atoms with Crippen LogP contribution in [0.25, 0.3) is 0 Å². The van der Waals surface area contributed by atoms with E-state index in [2.05, 4.69) is 21.6 Å². The highest BCUT2D eigenvalue weighted by atomic mass is 16.6. The van der Waals surface area contributed by atoms with Crippen molar-refractivity contribution in [2.75, 3.05) is 26.7 Å². The minimum atomic E-state index is -0.587. The van der Waals surface area contributed by atoms with Crippen molar-refractivity contribution in [2.24, 2.45) is 17.3 Å². The van der Waals surface area contributed by atoms with Gasteiger partial charge in [0.05, 0.1) is 0 Å². The SMILES string of the molecule is CO[C@]12CC[C@@]3(C[C@@H]1CNC(=O)C(C)NC(C)=O)[C@H]1Cc4ccc(O)c5c4[C@@]3(CCN1CC1CC1)[C@H]2O5. The Hall–Kier alpha value is -2.32. The highest BCUT2D eigenvalue weighted by Crippen LogP contribution is 2.76. The zero-order chi connectivity index (χ0) is 25.7. The minimum absolute atomic E-state index is 0.0236. The van der Waals surface area contributed by atoms with Crippen molar-refractivity contribution in [1.29, 1.82) is 0 Å². The average molecular weight is 510 g/mol. The molecule has 8 heteroatoms. The van der Waals surface area contributed by atoms with Gasteiger partial charge in [-0.25, -0.2) is 0 Å². The van der Waals surface area contributed by atoms with E-state index >= 15 is 0 Å². The molecule has 1 saturated heterocycles. The second-order valence-electron chi connectivity index (χ2n) is 12.7. The fourth-order valence-electron chi connectivity index (χ4n) is 9.54. The highest BCUT2D eigenvalue weighted by molar-refractivity contribution is 5.86. The van der Waals surface area contributed by atoms with Crippen molar-refractivity contribution in [3.8, 4) is 11.5 Å². The molecule has 4 saturated carbocycles. The number of fused-ring (bicyclic) bond motifs is 2. The van der Waals surface area contributed by atoms with Crippen LogP contribution in [0.3, 0.4) is 0 Å². The molecule has 7 aliphatic rings. The molecule has 0 aromatic heterocycles. The largest absolute Gasteiger partial charge is 0.504 e. The predicted octanol–water partition coefficient (Wildman–Crippen LogP) is 2.26. The third-order valence-electron chi connectivity index (χ3n) is 11.1. The summed E-state index contributed by atoms with van der Waals surface area (Å²) in [6.07, 6.45) is 7.44. The van der Waals surface area contributed by atoms with Crippen LogP contribution in [0.15, 0.2) is 12.1 Å². The summed E-state index contributed by atoms with van der Waals surface area (Å²) in [5.41, 5.74) is 1.89. The number of hydrogen-bond acceptors (Lipinski definition) is 6. The molecule has 0 radical (unpaired) electrons. The van der Waals surface area contributed by atoms with Gasteiger partial charge >= 0.3 is 0 Å². The fraction of sp³-hybridized carbons (Fsp3) is 0.724. The average Bonchev–Trinajstić information content (AvgIpc) is 3.62. The maximum absolute atomic E-state index is 12.9. The molecule has 1 aromatic rings. The van der Waals surface area contributed by atoms with Gasteiger partial charge in [0.25, 0.3) is 0 Å². The van der Waals surface area contributed by atoms with Gasteiger partial charge in [0.15, 0.2) is 11.5 Å². The molecule has 2 aliphatic heterocycles. The first-order valence-electron chi connectivity index (χ1n) is 14.1. The summed E-state index contributed by atoms with van der Waals surface area (Å²) in [5.74, 6) is 1.43. The van der Waals surface area contributed by atoms with Gasteiger partial charge in [-0.1, -0.05) is 6.07 Å². The number of carbonyl (C=O) groups is 2. The number of rotatable bonds is 7. The number of phenolic OH excluding ortho intramolecular Hbond substituents is 1. The molecule has 4 bridgehead atoms. The monoisotopic (exact) mass is 509 g/mol. The lowest BCUT2D eigenvalue weighted by molar-refractivity contribution is -0.276. The normalized spacial score (nSPS) is 39.5. The molecule has 2 amide bonds. The van der Waals surface area contributed by atoms with Gasteiger partial charge in [0, 0.05) is 55.5 Å². The summed E-state index contributed by atoms with van der Waals surface area (Å²) >= 11 is 0. The van der Waals surface area contributed by atoms with Crippen molar-refractivity contribution < 1.29 is 24.2 Å². The van der Waals surface area contributed by atoms with Crippen molar-refractivity contribution in [1.82, 2.24) is 15.5 Å². The number of aromatic hydroxyl groups is 1. The van der Waals surface area contributed by atoms with Crippen molar-refractivity contribution >= 4 is 11.8 Å². The molecule has 200 valence electrons. The van der Waals surface area contributed by atoms with Gasteiger partial charge < -0.3 is 25.2 Å². The van der Waals surface area contributed by atoms with E-state index in [1.807, 2.05) is 6.07 Å². The van der Waals surface area contributed by atoms with E-state index in [1.165, 1.54) is 37.4 Å². The molecule has 5 fully saturated rings. The van der Waals surface area contributed by atoms with Crippen LogP contribution in [-0.2, 0) is 26.2 Å². The molecular formula is C29H39N3O5. The predicted molar refractivity (Wildman–Crippen MR) is 136 cm³/mol. The summed E-state index contributed by atoms with van der Waals surface area (Å²) in [4.78, 5) is 27.1. The first-order valence-corrected chi connectivity index (χ1v) is 14.1. The van der Waals surface area contributed by atoms with E-state index < -0.39 is 11.6 Å². The lowest BCUT2D eigenvalue weighted by Crippen LogP contribution is -2.81. The van der Waals surface area contributed by atoms with Gasteiger partial charge in [-0.15, -0.1) is 0 Å². The van der Waals surface area contributed by atoms with E-state index in [4.69, 9.17) is 9.47 Å². The zero-order valence-corrected chi connectivity index (χ0v) is 22.1. The van der Waals surface area contributed by atoms with Crippen LogP contribution in [0.5, 0.6) is 11.5 Å². The summed E-state index contributed by atoms with van der Waals surface area (Å²) in [7, 11) is 1.79. The van der Waals surface area contributed by atoms with Crippen LogP contribution in [0.2, 0.25) is 0 Å². The Kier molecular flexibility index (Phi) is 5.05. The van der Waals surface area contributed by atoms with Crippen LogP contribution >= 0.6 is 0 Å². The zero-order valence-electron chi connectivity index (χ0n) is 22.1.